The van der Waals surface area contributed by atoms with Crippen LogP contribution in [0, 0.1) is 0 Å². The van der Waals surface area contributed by atoms with Gasteiger partial charge in [-0.25, -0.2) is 15.6 Å². The minimum Gasteiger partial charge on any atom is -0.293 e. The van der Waals surface area contributed by atoms with E-state index in [1.54, 1.807) is 6.07 Å². The second kappa shape index (κ2) is 3.63. The zero-order valence-corrected chi connectivity index (χ0v) is 6.23. The van der Waals surface area contributed by atoms with Crippen molar-refractivity contribution in [2.45, 2.75) is 6.54 Å². The van der Waals surface area contributed by atoms with Gasteiger partial charge in [-0.2, -0.15) is 0 Å². The van der Waals surface area contributed by atoms with Gasteiger partial charge in [-0.3, -0.25) is 14.8 Å². The SMILES string of the molecule is NNC(=O)Cn1cccnc1=O. The number of aromatic nitrogens is 2. The topological polar surface area (TPSA) is 90.0 Å². The lowest BCUT2D eigenvalue weighted by Crippen LogP contribution is -2.36. The Kier molecular flexibility index (Phi) is 2.54. The van der Waals surface area contributed by atoms with Crippen molar-refractivity contribution in [3.05, 3.63) is 28.9 Å². The van der Waals surface area contributed by atoms with E-state index >= 15 is 0 Å². The van der Waals surface area contributed by atoms with Crippen molar-refractivity contribution < 1.29 is 4.79 Å². The lowest BCUT2D eigenvalue weighted by Gasteiger charge is -2.01. The van der Waals surface area contributed by atoms with Crippen LogP contribution in [0.1, 0.15) is 0 Å². The molecule has 0 aliphatic rings. The van der Waals surface area contributed by atoms with Crippen molar-refractivity contribution in [3.8, 4) is 0 Å². The molecule has 0 atom stereocenters. The van der Waals surface area contributed by atoms with Crippen molar-refractivity contribution in [2.24, 2.45) is 5.84 Å². The van der Waals surface area contributed by atoms with Gasteiger partial charge in [-0.1, -0.05) is 0 Å². The van der Waals surface area contributed by atoms with Gasteiger partial charge in [-0.05, 0) is 6.07 Å². The van der Waals surface area contributed by atoms with Gasteiger partial charge in [0.05, 0.1) is 0 Å². The highest BCUT2D eigenvalue weighted by molar-refractivity contribution is 5.74. The molecule has 0 aromatic carbocycles. The van der Waals surface area contributed by atoms with E-state index in [0.717, 1.165) is 4.57 Å². The molecule has 0 unspecified atom stereocenters. The molecule has 1 heterocycles. The van der Waals surface area contributed by atoms with Gasteiger partial charge in [-0.15, -0.1) is 0 Å². The molecule has 0 saturated heterocycles. The van der Waals surface area contributed by atoms with E-state index in [-0.39, 0.29) is 6.54 Å². The van der Waals surface area contributed by atoms with Crippen molar-refractivity contribution in [1.82, 2.24) is 15.0 Å². The molecule has 1 aromatic heterocycles. The molecule has 1 rings (SSSR count). The predicted octanol–water partition coefficient (Wildman–Crippen LogP) is -1.77. The Morgan fingerprint density at radius 1 is 1.75 bits per heavy atom. The smallest absolute Gasteiger partial charge is 0.293 e. The molecule has 0 fully saturated rings. The molecule has 0 aliphatic carbocycles. The van der Waals surface area contributed by atoms with Crippen LogP contribution in [-0.4, -0.2) is 15.5 Å². The summed E-state index contributed by atoms with van der Waals surface area (Å²) in [6.45, 7) is -0.108. The first-order valence-electron chi connectivity index (χ1n) is 3.25. The van der Waals surface area contributed by atoms with Gasteiger partial charge in [0.1, 0.15) is 6.54 Å². The van der Waals surface area contributed by atoms with E-state index in [9.17, 15) is 9.59 Å². The van der Waals surface area contributed by atoms with Crippen LogP contribution in [0.2, 0.25) is 0 Å². The predicted molar refractivity (Wildman–Crippen MR) is 40.8 cm³/mol. The molecule has 6 heteroatoms. The third kappa shape index (κ3) is 1.89. The molecular weight excluding hydrogens is 160 g/mol. The Morgan fingerprint density at radius 2 is 2.50 bits per heavy atom. The molecule has 0 bridgehead atoms. The average molecular weight is 168 g/mol. The summed E-state index contributed by atoms with van der Waals surface area (Å²) in [5.41, 5.74) is 1.44. The summed E-state index contributed by atoms with van der Waals surface area (Å²) in [4.78, 5) is 25.1. The number of hydrazine groups is 1. The van der Waals surface area contributed by atoms with E-state index in [1.807, 2.05) is 5.43 Å². The first-order chi connectivity index (χ1) is 5.74. The molecule has 3 N–H and O–H groups in total. The minimum atomic E-state index is -0.471. The van der Waals surface area contributed by atoms with Gasteiger partial charge in [0.2, 0.25) is 0 Å². The van der Waals surface area contributed by atoms with E-state index in [2.05, 4.69) is 4.98 Å². The number of nitrogens with two attached hydrogens (primary N) is 1. The number of rotatable bonds is 2. The standard InChI is InChI=1S/C6H8N4O2/c7-9-5(11)4-10-3-1-2-8-6(10)12/h1-3H,4,7H2,(H,9,11). The van der Waals surface area contributed by atoms with Crippen LogP contribution in [0.15, 0.2) is 23.3 Å². The number of amides is 1. The summed E-state index contributed by atoms with van der Waals surface area (Å²) in [5, 5.41) is 0. The summed E-state index contributed by atoms with van der Waals surface area (Å²) in [7, 11) is 0. The van der Waals surface area contributed by atoms with Gasteiger partial charge < -0.3 is 0 Å². The highest BCUT2D eigenvalue weighted by Gasteiger charge is 2.00. The van der Waals surface area contributed by atoms with Gasteiger partial charge in [0, 0.05) is 12.4 Å². The summed E-state index contributed by atoms with van der Waals surface area (Å²) < 4.78 is 1.15. The Labute approximate surface area is 68.0 Å². The normalized spacial score (nSPS) is 9.42. The first-order valence-corrected chi connectivity index (χ1v) is 3.25. The van der Waals surface area contributed by atoms with Gasteiger partial charge >= 0.3 is 5.69 Å². The minimum absolute atomic E-state index is 0.108. The second-order valence-corrected chi connectivity index (χ2v) is 2.10. The Balaban J connectivity index is 2.83. The highest BCUT2D eigenvalue weighted by atomic mass is 16.2. The summed E-state index contributed by atoms with van der Waals surface area (Å²) >= 11 is 0. The maximum absolute atomic E-state index is 10.9. The number of nitrogens with one attached hydrogen (secondary N) is 1. The third-order valence-corrected chi connectivity index (χ3v) is 1.26. The molecular formula is C6H8N4O2. The van der Waals surface area contributed by atoms with Crippen molar-refractivity contribution in [3.63, 3.8) is 0 Å². The number of carbonyl (C=O) groups is 1. The van der Waals surface area contributed by atoms with Gasteiger partial charge in [0.15, 0.2) is 0 Å². The fraction of sp³-hybridized carbons (Fsp3) is 0.167. The maximum Gasteiger partial charge on any atom is 0.347 e. The molecule has 1 amide bonds. The number of hydrogen-bond acceptors (Lipinski definition) is 4. The highest BCUT2D eigenvalue weighted by Crippen LogP contribution is 1.78. The first kappa shape index (κ1) is 8.41. The van der Waals surface area contributed by atoms with Gasteiger partial charge in [0.25, 0.3) is 5.91 Å². The molecule has 64 valence electrons. The van der Waals surface area contributed by atoms with Crippen LogP contribution in [-0.2, 0) is 11.3 Å². The van der Waals surface area contributed by atoms with Crippen molar-refractivity contribution in [1.29, 1.82) is 0 Å². The fourth-order valence-corrected chi connectivity index (χ4v) is 0.708. The van der Waals surface area contributed by atoms with Crippen LogP contribution in [0.25, 0.3) is 0 Å². The molecule has 0 radical (unpaired) electrons. The van der Waals surface area contributed by atoms with Crippen LogP contribution >= 0.6 is 0 Å². The van der Waals surface area contributed by atoms with Crippen LogP contribution in [0.4, 0.5) is 0 Å². The Bertz CT molecular complexity index is 332. The van der Waals surface area contributed by atoms with Crippen LogP contribution in [0.3, 0.4) is 0 Å². The average Bonchev–Trinajstić information content (AvgIpc) is 2.09. The lowest BCUT2D eigenvalue weighted by atomic mass is 10.5. The molecule has 0 spiro atoms. The second-order valence-electron chi connectivity index (χ2n) is 2.10. The van der Waals surface area contributed by atoms with E-state index < -0.39 is 11.6 Å². The number of hydrogen-bond donors (Lipinski definition) is 2. The largest absolute Gasteiger partial charge is 0.347 e. The quantitative estimate of drug-likeness (QED) is 0.311. The third-order valence-electron chi connectivity index (χ3n) is 1.26. The zero-order chi connectivity index (χ0) is 8.97. The lowest BCUT2D eigenvalue weighted by molar-refractivity contribution is -0.121. The van der Waals surface area contributed by atoms with Crippen LogP contribution in [0.5, 0.6) is 0 Å². The summed E-state index contributed by atoms with van der Waals surface area (Å²) in [5.74, 6) is 4.39. The van der Waals surface area contributed by atoms with Crippen molar-refractivity contribution >= 4 is 5.91 Å². The van der Waals surface area contributed by atoms with E-state index in [0.29, 0.717) is 0 Å². The maximum atomic E-state index is 10.9. The molecule has 12 heavy (non-hydrogen) atoms. The monoisotopic (exact) mass is 168 g/mol. The number of carbonyl (C=O) groups excluding carboxylic acids is 1. The fourth-order valence-electron chi connectivity index (χ4n) is 0.708. The molecule has 1 aromatic rings. The molecule has 0 saturated carbocycles. The van der Waals surface area contributed by atoms with E-state index in [4.69, 9.17) is 5.84 Å². The zero-order valence-electron chi connectivity index (χ0n) is 6.23. The molecule has 0 aliphatic heterocycles. The summed E-state index contributed by atoms with van der Waals surface area (Å²) in [6, 6.07) is 1.56. The van der Waals surface area contributed by atoms with Crippen molar-refractivity contribution in [2.75, 3.05) is 0 Å². The Hall–Kier alpha value is -1.69. The summed E-state index contributed by atoms with van der Waals surface area (Å²) in [6.07, 6.45) is 2.82. The Morgan fingerprint density at radius 3 is 3.08 bits per heavy atom. The number of nitrogens with zero attached hydrogens (tertiary/aromatic N) is 2. The molecule has 6 nitrogen and oxygen atoms in total. The van der Waals surface area contributed by atoms with Crippen LogP contribution < -0.4 is 17.0 Å². The van der Waals surface area contributed by atoms with E-state index in [1.165, 1.54) is 12.4 Å².